The lowest BCUT2D eigenvalue weighted by Gasteiger charge is -2.32. The minimum absolute atomic E-state index is 0.253. The van der Waals surface area contributed by atoms with Crippen molar-refractivity contribution in [1.82, 2.24) is 5.32 Å². The molecule has 2 fully saturated rings. The smallest absolute Gasteiger partial charge is 0.228 e. The average molecular weight is 874 g/mol. The standard InChI is InChI=1S/C69H15NO/c1-67(66(71)70-7-5-3-2-4-6-7)68-62-54-46-36-26-18-10-8-9-12-16-14(10)22-30-24(16)34-28-20(12)21-13(9)17-15-11(8)19(18)27-33-23(15)31-25(17)35-29(21)39-38(28)48-42(34)52-44(30)50(40(46)32(22)26)58(62)60(52)64-56(48)57-49(39)43(35)53-45(31)51-41(33)47(37(27)36)55(54)63(68)59(51)61(53)65(57)69(64,67)68/h7H,2-6H2,1H3,(H,70,71). The summed E-state index contributed by atoms with van der Waals surface area (Å²) in [5.74, 6) is 0.361. The van der Waals surface area contributed by atoms with Crippen molar-refractivity contribution in [2.45, 2.75) is 55.9 Å². The molecular formula is C69H15NO. The minimum atomic E-state index is -0.693. The van der Waals surface area contributed by atoms with E-state index in [1.54, 1.807) is 313 Å². The van der Waals surface area contributed by atoms with E-state index >= 15 is 4.79 Å². The zero-order valence-electron chi connectivity index (χ0n) is 37.0. The van der Waals surface area contributed by atoms with Crippen molar-refractivity contribution < 1.29 is 4.79 Å². The van der Waals surface area contributed by atoms with E-state index < -0.39 is 16.2 Å². The highest BCUT2D eigenvalue weighted by Crippen LogP contribution is 2.96. The Labute approximate surface area is 388 Å². The molecule has 0 heterocycles. The SMILES string of the molecule is CC1(C(=O)NC2CCCCC2)C23c4c5c6c7c8c9c(c%10c%11c2c2c4c4c%12c5c5c6c6c8c8c%13c9c9c%10c%10c%11c%11c2c2c4c4c%12c%12c5c5c6c8c6c8c%13c9c9c%10c%10c%11c2c2c4c4c%12c5c6c5c8c9c%10c2c45)C713. The number of carbonyl (C=O) groups is 1. The van der Waals surface area contributed by atoms with Gasteiger partial charge >= 0.3 is 0 Å². The molecular weight excluding hydrogens is 859 g/mol. The van der Waals surface area contributed by atoms with Crippen molar-refractivity contribution in [3.8, 4) is 0 Å². The minimum Gasteiger partial charge on any atom is -0.353 e. The Kier molecular flexibility index (Phi) is 2.26. The van der Waals surface area contributed by atoms with E-state index in [2.05, 4.69) is 12.2 Å². The third-order valence-corrected chi connectivity index (χ3v) is 27.1. The van der Waals surface area contributed by atoms with Gasteiger partial charge in [-0.3, -0.25) is 4.79 Å². The third-order valence-electron chi connectivity index (χ3n) is 27.1. The number of amides is 1. The molecule has 6 aliphatic rings. The second kappa shape index (κ2) is 5.99. The van der Waals surface area contributed by atoms with E-state index in [0.717, 1.165) is 12.8 Å². The molecule has 1 amide bonds. The van der Waals surface area contributed by atoms with Crippen LogP contribution >= 0.6 is 0 Å². The van der Waals surface area contributed by atoms with Gasteiger partial charge in [0.05, 0.1) is 16.2 Å². The number of hydrogen-bond donors (Lipinski definition) is 1. The van der Waals surface area contributed by atoms with Crippen molar-refractivity contribution in [2.24, 2.45) is 5.41 Å². The molecule has 0 aromatic heterocycles. The highest BCUT2D eigenvalue weighted by atomic mass is 16.2. The summed E-state index contributed by atoms with van der Waals surface area (Å²) in [5, 5.41) is 91.5. The van der Waals surface area contributed by atoms with Gasteiger partial charge in [0.2, 0.25) is 5.91 Å². The fourth-order valence-corrected chi connectivity index (χ4v) is 26.9. The Balaban J connectivity index is 1.12. The highest BCUT2D eigenvalue weighted by Gasteiger charge is 2.95. The lowest BCUT2D eigenvalue weighted by Crippen LogP contribution is -2.43. The van der Waals surface area contributed by atoms with E-state index in [4.69, 9.17) is 0 Å². The summed E-state index contributed by atoms with van der Waals surface area (Å²) in [6, 6.07) is 0.253. The fraction of sp³-hybridized carbons (Fsp3) is 0.145. The number of nitrogens with one attached hydrogen (secondary N) is 1. The van der Waals surface area contributed by atoms with Crippen molar-refractivity contribution in [3.05, 3.63) is 22.3 Å². The number of carbonyl (C=O) groups excluding carboxylic acids is 1. The predicted molar refractivity (Wildman–Crippen MR) is 297 cm³/mol. The Bertz CT molecular complexity index is 6710. The fourth-order valence-electron chi connectivity index (χ4n) is 26.9. The molecule has 2 nitrogen and oxygen atoms in total. The predicted octanol–water partition coefficient (Wildman–Crippen LogP) is 17.8. The van der Waals surface area contributed by atoms with E-state index in [1.807, 2.05) is 0 Å². The van der Waals surface area contributed by atoms with Crippen LogP contribution in [0.15, 0.2) is 0 Å². The maximum absolute atomic E-state index is 17.0. The summed E-state index contributed by atoms with van der Waals surface area (Å²) in [6.07, 6.45) is 5.95. The normalized spacial score (nSPS) is 25.7. The highest BCUT2D eigenvalue weighted by molar-refractivity contribution is 6.82. The van der Waals surface area contributed by atoms with Crippen LogP contribution in [0.2, 0.25) is 0 Å². The maximum Gasteiger partial charge on any atom is 0.228 e. The molecule has 1 N–H and O–H groups in total. The molecule has 0 radical (unpaired) electrons. The second-order valence-corrected chi connectivity index (χ2v) is 27.2. The number of hydrogen-bond acceptors (Lipinski definition) is 1. The molecule has 28 aromatic rings. The Morgan fingerprint density at radius 1 is 0.268 bits per heavy atom. The maximum atomic E-state index is 17.0. The van der Waals surface area contributed by atoms with Crippen molar-refractivity contribution in [2.75, 3.05) is 0 Å². The van der Waals surface area contributed by atoms with Gasteiger partial charge in [-0.25, -0.2) is 0 Å². The molecule has 302 valence electrons. The molecule has 0 atom stereocenters. The molecule has 0 saturated heterocycles. The summed E-state index contributed by atoms with van der Waals surface area (Å²) in [6.45, 7) is 2.58. The summed E-state index contributed by atoms with van der Waals surface area (Å²) >= 11 is 0. The quantitative estimate of drug-likeness (QED) is 0.172. The first-order valence-electron chi connectivity index (χ1n) is 27.3. The Morgan fingerprint density at radius 2 is 0.423 bits per heavy atom. The summed E-state index contributed by atoms with van der Waals surface area (Å²) in [5.41, 5.74) is 4.82. The molecule has 28 aromatic carbocycles. The van der Waals surface area contributed by atoms with E-state index in [0.29, 0.717) is 5.91 Å². The van der Waals surface area contributed by atoms with Crippen LogP contribution < -0.4 is 5.32 Å². The zero-order chi connectivity index (χ0) is 42.4. The van der Waals surface area contributed by atoms with Crippen LogP contribution in [0.1, 0.15) is 61.3 Å². The summed E-state index contributed by atoms with van der Waals surface area (Å²) in [4.78, 5) is 17.0. The number of rotatable bonds is 2. The van der Waals surface area contributed by atoms with Crippen LogP contribution in [0.5, 0.6) is 0 Å². The van der Waals surface area contributed by atoms with Crippen LogP contribution in [0.25, 0.3) is 291 Å². The van der Waals surface area contributed by atoms with Gasteiger partial charge in [-0.2, -0.15) is 0 Å². The van der Waals surface area contributed by atoms with Gasteiger partial charge < -0.3 is 5.32 Å². The zero-order valence-corrected chi connectivity index (χ0v) is 37.0. The van der Waals surface area contributed by atoms with E-state index in [9.17, 15) is 0 Å². The monoisotopic (exact) mass is 873 g/mol. The van der Waals surface area contributed by atoms with E-state index in [1.165, 1.54) is 19.3 Å². The van der Waals surface area contributed by atoms with Gasteiger partial charge in [-0.15, -0.1) is 0 Å². The van der Waals surface area contributed by atoms with Gasteiger partial charge in [0.15, 0.2) is 0 Å². The first-order chi connectivity index (χ1) is 35.2. The molecule has 0 bridgehead atoms. The Hall–Kier alpha value is -8.07. The van der Waals surface area contributed by atoms with Crippen LogP contribution in [-0.4, -0.2) is 11.9 Å². The second-order valence-electron chi connectivity index (χ2n) is 27.2. The van der Waals surface area contributed by atoms with Gasteiger partial charge in [-0.1, -0.05) is 19.3 Å². The van der Waals surface area contributed by atoms with Crippen LogP contribution in [0.3, 0.4) is 0 Å². The van der Waals surface area contributed by atoms with Gasteiger partial charge in [-0.05, 0) is 333 Å². The molecule has 2 heteroatoms. The molecule has 2 saturated carbocycles. The van der Waals surface area contributed by atoms with Crippen molar-refractivity contribution >= 4 is 297 Å². The van der Waals surface area contributed by atoms with Crippen LogP contribution in [0.4, 0.5) is 0 Å². The molecule has 71 heavy (non-hydrogen) atoms. The Morgan fingerprint density at radius 3 is 0.592 bits per heavy atom. The molecule has 34 rings (SSSR count). The third kappa shape index (κ3) is 1.40. The van der Waals surface area contributed by atoms with E-state index in [-0.39, 0.29) is 6.04 Å². The molecule has 0 unspecified atom stereocenters. The molecule has 6 aliphatic carbocycles. The average Bonchev–Trinajstić information content (AvgIpc) is 4.36. The topological polar surface area (TPSA) is 29.1 Å². The first-order valence-corrected chi connectivity index (χ1v) is 27.3. The largest absolute Gasteiger partial charge is 0.353 e. The lowest BCUT2D eigenvalue weighted by atomic mass is 9.68. The van der Waals surface area contributed by atoms with Gasteiger partial charge in [0, 0.05) is 6.04 Å². The lowest BCUT2D eigenvalue weighted by molar-refractivity contribution is -0.127. The van der Waals surface area contributed by atoms with Crippen LogP contribution in [0, 0.1) is 5.41 Å². The first kappa shape index (κ1) is 26.8. The number of benzene rings is 18. The molecule has 2 spiro atoms. The van der Waals surface area contributed by atoms with Crippen molar-refractivity contribution in [1.29, 1.82) is 0 Å². The summed E-state index contributed by atoms with van der Waals surface area (Å²) < 4.78 is 0. The summed E-state index contributed by atoms with van der Waals surface area (Å²) in [7, 11) is 0. The molecule has 0 aliphatic heterocycles. The van der Waals surface area contributed by atoms with Gasteiger partial charge in [0.1, 0.15) is 0 Å². The van der Waals surface area contributed by atoms with Gasteiger partial charge in [0.25, 0.3) is 0 Å². The van der Waals surface area contributed by atoms with Crippen molar-refractivity contribution in [3.63, 3.8) is 0 Å². The van der Waals surface area contributed by atoms with Crippen LogP contribution in [-0.2, 0) is 15.6 Å².